The van der Waals surface area contributed by atoms with Crippen LogP contribution in [0.3, 0.4) is 0 Å². The minimum absolute atomic E-state index is 0.0587. The molecule has 1 aliphatic heterocycles. The van der Waals surface area contributed by atoms with Crippen LogP contribution in [-0.2, 0) is 10.0 Å². The molecule has 0 atom stereocenters. The second-order valence-electron chi connectivity index (χ2n) is 6.45. The number of hydrogen-bond acceptors (Lipinski definition) is 3. The van der Waals surface area contributed by atoms with Crippen LogP contribution in [0.15, 0.2) is 47.4 Å². The average Bonchev–Trinajstić information content (AvgIpc) is 2.62. The highest BCUT2D eigenvalue weighted by Gasteiger charge is 2.23. The molecular weight excluding hydrogens is 372 g/mol. The summed E-state index contributed by atoms with van der Waals surface area (Å²) in [6.07, 6.45) is 3.10. The van der Waals surface area contributed by atoms with E-state index in [2.05, 4.69) is 4.72 Å². The van der Waals surface area contributed by atoms with Crippen molar-refractivity contribution < 1.29 is 13.2 Å². The first kappa shape index (κ1) is 18.7. The molecule has 2 aromatic rings. The van der Waals surface area contributed by atoms with Crippen molar-refractivity contribution in [3.63, 3.8) is 0 Å². The number of carbonyl (C=O) groups is 1. The number of halogens is 1. The Morgan fingerprint density at radius 1 is 1.08 bits per heavy atom. The first-order valence-corrected chi connectivity index (χ1v) is 10.4. The maximum Gasteiger partial charge on any atom is 0.261 e. The van der Waals surface area contributed by atoms with Gasteiger partial charge in [0.05, 0.1) is 10.6 Å². The summed E-state index contributed by atoms with van der Waals surface area (Å²) in [4.78, 5) is 14.7. The minimum Gasteiger partial charge on any atom is -0.339 e. The summed E-state index contributed by atoms with van der Waals surface area (Å²) < 4.78 is 27.9. The predicted molar refractivity (Wildman–Crippen MR) is 103 cm³/mol. The molecule has 1 heterocycles. The molecule has 1 amide bonds. The third kappa shape index (κ3) is 4.19. The standard InChI is InChI=1S/C19H21ClN2O3S/c1-14-8-9-17(13-18(14)19(23)22-10-3-2-4-11-22)26(24,25)21-16-7-5-6-15(20)12-16/h5-9,12-13,21H,2-4,10-11H2,1H3. The van der Waals surface area contributed by atoms with Crippen molar-refractivity contribution in [1.29, 1.82) is 0 Å². The van der Waals surface area contributed by atoms with Gasteiger partial charge in [-0.3, -0.25) is 9.52 Å². The minimum atomic E-state index is -3.81. The summed E-state index contributed by atoms with van der Waals surface area (Å²) in [7, 11) is -3.81. The van der Waals surface area contributed by atoms with Crippen LogP contribution in [0, 0.1) is 6.92 Å². The van der Waals surface area contributed by atoms with Crippen LogP contribution in [0.2, 0.25) is 5.02 Å². The zero-order chi connectivity index (χ0) is 18.7. The second-order valence-corrected chi connectivity index (χ2v) is 8.56. The van der Waals surface area contributed by atoms with Crippen molar-refractivity contribution in [2.24, 2.45) is 0 Å². The van der Waals surface area contributed by atoms with Crippen molar-refractivity contribution in [2.75, 3.05) is 17.8 Å². The summed E-state index contributed by atoms with van der Waals surface area (Å²) in [5, 5.41) is 0.440. The van der Waals surface area contributed by atoms with E-state index < -0.39 is 10.0 Å². The molecule has 1 fully saturated rings. The molecule has 0 spiro atoms. The molecule has 1 N–H and O–H groups in total. The molecule has 3 rings (SSSR count). The van der Waals surface area contributed by atoms with Gasteiger partial charge in [0.15, 0.2) is 0 Å². The first-order valence-electron chi connectivity index (χ1n) is 8.55. The summed E-state index contributed by atoms with van der Waals surface area (Å²) in [6, 6.07) is 11.1. The SMILES string of the molecule is Cc1ccc(S(=O)(=O)Nc2cccc(Cl)c2)cc1C(=O)N1CCCCC1. The van der Waals surface area contributed by atoms with E-state index in [9.17, 15) is 13.2 Å². The van der Waals surface area contributed by atoms with E-state index >= 15 is 0 Å². The smallest absolute Gasteiger partial charge is 0.261 e. The number of rotatable bonds is 4. The molecule has 7 heteroatoms. The zero-order valence-electron chi connectivity index (χ0n) is 14.5. The van der Waals surface area contributed by atoms with Crippen LogP contribution in [-0.4, -0.2) is 32.3 Å². The Morgan fingerprint density at radius 3 is 2.50 bits per heavy atom. The van der Waals surface area contributed by atoms with Gasteiger partial charge in [-0.1, -0.05) is 23.7 Å². The highest BCUT2D eigenvalue weighted by atomic mass is 35.5. The van der Waals surface area contributed by atoms with Crippen molar-refractivity contribution >= 4 is 33.2 Å². The van der Waals surface area contributed by atoms with Crippen LogP contribution in [0.4, 0.5) is 5.69 Å². The lowest BCUT2D eigenvalue weighted by molar-refractivity contribution is 0.0723. The van der Waals surface area contributed by atoms with Crippen LogP contribution in [0.1, 0.15) is 35.2 Å². The summed E-state index contributed by atoms with van der Waals surface area (Å²) in [5.74, 6) is -0.109. The molecule has 0 aromatic heterocycles. The normalized spacial score (nSPS) is 14.9. The molecule has 1 aliphatic rings. The molecule has 0 saturated carbocycles. The van der Waals surface area contributed by atoms with Gasteiger partial charge in [-0.2, -0.15) is 0 Å². The van der Waals surface area contributed by atoms with Crippen LogP contribution >= 0.6 is 11.6 Å². The highest BCUT2D eigenvalue weighted by Crippen LogP contribution is 2.23. The number of nitrogens with one attached hydrogen (secondary N) is 1. The lowest BCUT2D eigenvalue weighted by Crippen LogP contribution is -2.36. The molecule has 1 saturated heterocycles. The van der Waals surface area contributed by atoms with E-state index in [0.717, 1.165) is 37.9 Å². The highest BCUT2D eigenvalue weighted by molar-refractivity contribution is 7.92. The molecule has 0 unspecified atom stereocenters. The number of benzene rings is 2. The van der Waals surface area contributed by atoms with Gasteiger partial charge >= 0.3 is 0 Å². The molecule has 138 valence electrons. The number of likely N-dealkylation sites (tertiary alicyclic amines) is 1. The van der Waals surface area contributed by atoms with E-state index in [1.807, 2.05) is 6.92 Å². The van der Waals surface area contributed by atoms with Gasteiger partial charge in [-0.15, -0.1) is 0 Å². The van der Waals surface area contributed by atoms with E-state index in [1.165, 1.54) is 18.2 Å². The number of anilines is 1. The van der Waals surface area contributed by atoms with Gasteiger partial charge in [0.25, 0.3) is 15.9 Å². The van der Waals surface area contributed by atoms with Gasteiger partial charge in [0.1, 0.15) is 0 Å². The van der Waals surface area contributed by atoms with Crippen LogP contribution in [0.25, 0.3) is 0 Å². The fourth-order valence-corrected chi connectivity index (χ4v) is 4.30. The van der Waals surface area contributed by atoms with Crippen molar-refractivity contribution in [3.05, 3.63) is 58.6 Å². The number of sulfonamides is 1. The summed E-state index contributed by atoms with van der Waals surface area (Å²) in [6.45, 7) is 3.25. The summed E-state index contributed by atoms with van der Waals surface area (Å²) in [5.41, 5.74) is 1.57. The van der Waals surface area contributed by atoms with Gasteiger partial charge in [0.2, 0.25) is 0 Å². The monoisotopic (exact) mass is 392 g/mol. The number of hydrogen-bond donors (Lipinski definition) is 1. The molecule has 0 bridgehead atoms. The number of carbonyl (C=O) groups excluding carboxylic acids is 1. The van der Waals surface area contributed by atoms with E-state index in [4.69, 9.17) is 11.6 Å². The third-order valence-corrected chi connectivity index (χ3v) is 6.08. The lowest BCUT2D eigenvalue weighted by atomic mass is 10.1. The maximum atomic E-state index is 12.8. The maximum absolute atomic E-state index is 12.8. The molecule has 26 heavy (non-hydrogen) atoms. The fourth-order valence-electron chi connectivity index (χ4n) is 3.03. The van der Waals surface area contributed by atoms with Crippen LogP contribution in [0.5, 0.6) is 0 Å². The Balaban J connectivity index is 1.89. The predicted octanol–water partition coefficient (Wildman–Crippen LogP) is 4.08. The second kappa shape index (κ2) is 7.68. The molecular formula is C19H21ClN2O3S. The Hall–Kier alpha value is -2.05. The largest absolute Gasteiger partial charge is 0.339 e. The fraction of sp³-hybridized carbons (Fsp3) is 0.316. The first-order chi connectivity index (χ1) is 12.4. The number of amides is 1. The average molecular weight is 393 g/mol. The molecule has 0 aliphatic carbocycles. The van der Waals surface area contributed by atoms with Gasteiger partial charge < -0.3 is 4.90 Å². The molecule has 2 aromatic carbocycles. The molecule has 0 radical (unpaired) electrons. The van der Waals surface area contributed by atoms with Gasteiger partial charge in [-0.05, 0) is 62.1 Å². The Kier molecular flexibility index (Phi) is 5.53. The van der Waals surface area contributed by atoms with E-state index in [-0.39, 0.29) is 10.8 Å². The van der Waals surface area contributed by atoms with E-state index in [1.54, 1.807) is 29.2 Å². The van der Waals surface area contributed by atoms with Gasteiger partial charge in [-0.25, -0.2) is 8.42 Å². The van der Waals surface area contributed by atoms with Crippen LogP contribution < -0.4 is 4.72 Å². The Morgan fingerprint density at radius 2 is 1.81 bits per heavy atom. The Bertz CT molecular complexity index is 922. The number of aryl methyl sites for hydroxylation is 1. The number of nitrogens with zero attached hydrogens (tertiary/aromatic N) is 1. The summed E-state index contributed by atoms with van der Waals surface area (Å²) >= 11 is 5.91. The molecule has 5 nitrogen and oxygen atoms in total. The zero-order valence-corrected chi connectivity index (χ0v) is 16.1. The van der Waals surface area contributed by atoms with E-state index in [0.29, 0.717) is 16.3 Å². The lowest BCUT2D eigenvalue weighted by Gasteiger charge is -2.27. The van der Waals surface area contributed by atoms with Crippen molar-refractivity contribution in [1.82, 2.24) is 4.90 Å². The van der Waals surface area contributed by atoms with Gasteiger partial charge in [0, 0.05) is 23.7 Å². The topological polar surface area (TPSA) is 66.5 Å². The van der Waals surface area contributed by atoms with Crippen molar-refractivity contribution in [3.8, 4) is 0 Å². The quantitative estimate of drug-likeness (QED) is 0.852. The number of piperidine rings is 1. The van der Waals surface area contributed by atoms with Crippen molar-refractivity contribution in [2.45, 2.75) is 31.1 Å². The Labute approximate surface area is 159 Å². The third-order valence-electron chi connectivity index (χ3n) is 4.47.